The Labute approximate surface area is 86.8 Å². The number of nitrogens with one attached hydrogen (secondary N) is 1. The lowest BCUT2D eigenvalue weighted by Gasteiger charge is -2.12. The van der Waals surface area contributed by atoms with Crippen molar-refractivity contribution in [3.05, 3.63) is 29.8 Å². The van der Waals surface area contributed by atoms with Gasteiger partial charge in [0.15, 0.2) is 0 Å². The number of hydrogen-bond donors (Lipinski definition) is 1. The summed E-state index contributed by atoms with van der Waals surface area (Å²) in [5.74, 6) is 0. The van der Waals surface area contributed by atoms with Gasteiger partial charge in [0.1, 0.15) is 0 Å². The molecule has 0 saturated heterocycles. The molecule has 0 radical (unpaired) electrons. The average Bonchev–Trinajstić information content (AvgIpc) is 2.16. The van der Waals surface area contributed by atoms with E-state index in [0.29, 0.717) is 0 Å². The van der Waals surface area contributed by atoms with Crippen molar-refractivity contribution in [2.45, 2.75) is 4.90 Å². The molecule has 0 saturated carbocycles. The van der Waals surface area contributed by atoms with Crippen LogP contribution >= 0.6 is 10.7 Å². The summed E-state index contributed by atoms with van der Waals surface area (Å²) in [7, 11) is 1.60. The second-order valence-electron chi connectivity index (χ2n) is 2.97. The largest absolute Gasteiger partial charge is 0.381 e. The molecular weight excluding hydrogens is 222 g/mol. The topological polar surface area (TPSA) is 46.2 Å². The maximum absolute atomic E-state index is 11.0. The second kappa shape index (κ2) is 3.29. The molecule has 0 unspecified atom stereocenters. The smallest absolute Gasteiger partial charge is 0.261 e. The van der Waals surface area contributed by atoms with E-state index < -0.39 is 9.05 Å². The Hall–Kier alpha value is -1.00. The Morgan fingerprint density at radius 1 is 1.36 bits per heavy atom. The molecule has 5 heteroatoms. The van der Waals surface area contributed by atoms with Crippen LogP contribution in [0, 0.1) is 0 Å². The minimum Gasteiger partial charge on any atom is -0.381 e. The van der Waals surface area contributed by atoms with Gasteiger partial charge in [-0.1, -0.05) is 12.2 Å². The van der Waals surface area contributed by atoms with Gasteiger partial charge in [0.25, 0.3) is 9.05 Å². The highest BCUT2D eigenvalue weighted by Gasteiger charge is 2.12. The van der Waals surface area contributed by atoms with Crippen molar-refractivity contribution >= 4 is 31.5 Å². The molecule has 0 atom stereocenters. The Balaban J connectivity index is 2.56. The number of halogens is 1. The predicted molar refractivity (Wildman–Crippen MR) is 57.0 cm³/mol. The third-order valence-electron chi connectivity index (χ3n) is 2.01. The van der Waals surface area contributed by atoms with Crippen molar-refractivity contribution < 1.29 is 8.42 Å². The molecule has 74 valence electrons. The van der Waals surface area contributed by atoms with Crippen LogP contribution in [0.4, 0.5) is 5.69 Å². The molecule has 0 amide bonds. The SMILES string of the molecule is O=S(=O)(Cl)c1ccc2c(c1)C=CCN2. The van der Waals surface area contributed by atoms with Gasteiger partial charge >= 0.3 is 0 Å². The zero-order valence-corrected chi connectivity index (χ0v) is 8.77. The van der Waals surface area contributed by atoms with Gasteiger partial charge in [0, 0.05) is 22.9 Å². The lowest BCUT2D eigenvalue weighted by Crippen LogP contribution is -2.05. The molecule has 1 aromatic rings. The van der Waals surface area contributed by atoms with E-state index in [0.717, 1.165) is 17.8 Å². The van der Waals surface area contributed by atoms with Crippen molar-refractivity contribution in [3.63, 3.8) is 0 Å². The van der Waals surface area contributed by atoms with Crippen LogP contribution < -0.4 is 5.32 Å². The number of anilines is 1. The van der Waals surface area contributed by atoms with Crippen LogP contribution in [0.15, 0.2) is 29.2 Å². The van der Waals surface area contributed by atoms with Gasteiger partial charge in [-0.3, -0.25) is 0 Å². The van der Waals surface area contributed by atoms with Gasteiger partial charge in [-0.2, -0.15) is 0 Å². The fourth-order valence-corrected chi connectivity index (χ4v) is 2.13. The molecule has 0 fully saturated rings. The highest BCUT2D eigenvalue weighted by Crippen LogP contribution is 2.25. The summed E-state index contributed by atoms with van der Waals surface area (Å²) >= 11 is 0. The molecule has 3 nitrogen and oxygen atoms in total. The molecule has 1 aromatic carbocycles. The highest BCUT2D eigenvalue weighted by molar-refractivity contribution is 8.13. The van der Waals surface area contributed by atoms with E-state index in [9.17, 15) is 8.42 Å². The van der Waals surface area contributed by atoms with Crippen LogP contribution in [-0.2, 0) is 9.05 Å². The van der Waals surface area contributed by atoms with Crippen LogP contribution in [0.5, 0.6) is 0 Å². The molecule has 1 aliphatic heterocycles. The first-order valence-corrected chi connectivity index (χ1v) is 6.37. The molecule has 1 aliphatic rings. The molecule has 1 heterocycles. The van der Waals surface area contributed by atoms with Crippen molar-refractivity contribution in [2.75, 3.05) is 11.9 Å². The molecular formula is C9H8ClNO2S. The Kier molecular flexibility index (Phi) is 2.25. The van der Waals surface area contributed by atoms with E-state index in [2.05, 4.69) is 5.32 Å². The summed E-state index contributed by atoms with van der Waals surface area (Å²) in [6.07, 6.45) is 3.80. The molecule has 14 heavy (non-hydrogen) atoms. The van der Waals surface area contributed by atoms with Crippen LogP contribution in [0.3, 0.4) is 0 Å². The lowest BCUT2D eigenvalue weighted by molar-refractivity contribution is 0.609. The first-order chi connectivity index (χ1) is 6.57. The minimum atomic E-state index is -3.63. The minimum absolute atomic E-state index is 0.131. The van der Waals surface area contributed by atoms with Gasteiger partial charge in [0.05, 0.1) is 4.90 Å². The quantitative estimate of drug-likeness (QED) is 0.750. The van der Waals surface area contributed by atoms with Gasteiger partial charge in [0.2, 0.25) is 0 Å². The van der Waals surface area contributed by atoms with Gasteiger partial charge in [-0.05, 0) is 23.8 Å². The van der Waals surface area contributed by atoms with Crippen molar-refractivity contribution in [1.82, 2.24) is 0 Å². The second-order valence-corrected chi connectivity index (χ2v) is 5.54. The first kappa shape index (κ1) is 9.55. The summed E-state index contributed by atoms with van der Waals surface area (Å²) in [5, 5.41) is 3.12. The third-order valence-corrected chi connectivity index (χ3v) is 3.36. The van der Waals surface area contributed by atoms with Crippen LogP contribution in [-0.4, -0.2) is 15.0 Å². The zero-order chi connectivity index (χ0) is 10.2. The maximum atomic E-state index is 11.0. The fourth-order valence-electron chi connectivity index (χ4n) is 1.35. The van der Waals surface area contributed by atoms with E-state index in [1.54, 1.807) is 12.1 Å². The summed E-state index contributed by atoms with van der Waals surface area (Å²) in [6, 6.07) is 4.77. The zero-order valence-electron chi connectivity index (χ0n) is 7.20. The summed E-state index contributed by atoms with van der Waals surface area (Å²) < 4.78 is 22.1. The van der Waals surface area contributed by atoms with Gasteiger partial charge < -0.3 is 5.32 Å². The Morgan fingerprint density at radius 3 is 2.86 bits per heavy atom. The summed E-state index contributed by atoms with van der Waals surface area (Å²) in [4.78, 5) is 0.131. The Bertz CT molecular complexity index is 494. The van der Waals surface area contributed by atoms with E-state index in [-0.39, 0.29) is 4.90 Å². The predicted octanol–water partition coefficient (Wildman–Crippen LogP) is 2.05. The number of rotatable bonds is 1. The van der Waals surface area contributed by atoms with Gasteiger partial charge in [-0.15, -0.1) is 0 Å². The standard InChI is InChI=1S/C9H8ClNO2S/c10-14(12,13)8-3-4-9-7(6-8)2-1-5-11-9/h1-4,6,11H,5H2. The van der Waals surface area contributed by atoms with E-state index in [1.165, 1.54) is 6.07 Å². The molecule has 2 rings (SSSR count). The maximum Gasteiger partial charge on any atom is 0.261 e. The van der Waals surface area contributed by atoms with Crippen LogP contribution in [0.2, 0.25) is 0 Å². The van der Waals surface area contributed by atoms with E-state index in [1.807, 2.05) is 12.2 Å². The first-order valence-electron chi connectivity index (χ1n) is 4.06. The molecule has 0 aromatic heterocycles. The monoisotopic (exact) mass is 229 g/mol. The molecule has 0 aliphatic carbocycles. The summed E-state index contributed by atoms with van der Waals surface area (Å²) in [6.45, 7) is 0.764. The molecule has 1 N–H and O–H groups in total. The molecule has 0 bridgehead atoms. The molecule has 0 spiro atoms. The van der Waals surface area contributed by atoms with Crippen molar-refractivity contribution in [3.8, 4) is 0 Å². The highest BCUT2D eigenvalue weighted by atomic mass is 35.7. The van der Waals surface area contributed by atoms with Crippen molar-refractivity contribution in [2.24, 2.45) is 0 Å². The lowest BCUT2D eigenvalue weighted by atomic mass is 10.1. The number of benzene rings is 1. The average molecular weight is 230 g/mol. The van der Waals surface area contributed by atoms with E-state index in [4.69, 9.17) is 10.7 Å². The number of fused-ring (bicyclic) bond motifs is 1. The fraction of sp³-hybridized carbons (Fsp3) is 0.111. The Morgan fingerprint density at radius 2 is 2.14 bits per heavy atom. The van der Waals surface area contributed by atoms with Gasteiger partial charge in [-0.25, -0.2) is 8.42 Å². The normalized spacial score (nSPS) is 14.6. The van der Waals surface area contributed by atoms with Crippen LogP contribution in [0.1, 0.15) is 5.56 Å². The van der Waals surface area contributed by atoms with Crippen LogP contribution in [0.25, 0.3) is 6.08 Å². The number of hydrogen-bond acceptors (Lipinski definition) is 3. The van der Waals surface area contributed by atoms with E-state index >= 15 is 0 Å². The van der Waals surface area contributed by atoms with Crippen molar-refractivity contribution in [1.29, 1.82) is 0 Å². The third kappa shape index (κ3) is 1.76. The summed E-state index contributed by atoms with van der Waals surface area (Å²) in [5.41, 5.74) is 1.77.